The van der Waals surface area contributed by atoms with Crippen molar-refractivity contribution in [3.8, 4) is 5.75 Å². The van der Waals surface area contributed by atoms with E-state index in [1.165, 1.54) is 6.08 Å². The second-order valence-electron chi connectivity index (χ2n) is 4.88. The van der Waals surface area contributed by atoms with Crippen LogP contribution in [-0.2, 0) is 11.3 Å². The lowest BCUT2D eigenvalue weighted by Crippen LogP contribution is -2.10. The minimum absolute atomic E-state index is 0.438. The Morgan fingerprint density at radius 1 is 1.29 bits per heavy atom. The van der Waals surface area contributed by atoms with Crippen LogP contribution in [0, 0.1) is 13.8 Å². The first-order valence-electron chi connectivity index (χ1n) is 6.90. The molecule has 2 rings (SSSR count). The lowest BCUT2D eigenvalue weighted by Gasteiger charge is -2.11. The van der Waals surface area contributed by atoms with Crippen molar-refractivity contribution in [3.63, 3.8) is 0 Å². The number of hydrogen-bond acceptors (Lipinski definition) is 2. The summed E-state index contributed by atoms with van der Waals surface area (Å²) in [6, 6.07) is 11.8. The Hall–Kier alpha value is -2.49. The predicted molar refractivity (Wildman–Crippen MR) is 84.1 cm³/mol. The van der Waals surface area contributed by atoms with Crippen LogP contribution in [0.15, 0.2) is 42.5 Å². The van der Waals surface area contributed by atoms with Gasteiger partial charge in [0.05, 0.1) is 6.54 Å². The summed E-state index contributed by atoms with van der Waals surface area (Å²) in [7, 11) is 0. The van der Waals surface area contributed by atoms with Crippen LogP contribution in [0.5, 0.6) is 5.75 Å². The fraction of sp³-hybridized carbons (Fsp3) is 0.235. The van der Waals surface area contributed by atoms with Crippen molar-refractivity contribution in [1.82, 2.24) is 4.57 Å². The number of aryl methyl sites for hydroxylation is 1. The van der Waals surface area contributed by atoms with E-state index >= 15 is 0 Å². The third kappa shape index (κ3) is 3.99. The van der Waals surface area contributed by atoms with E-state index in [2.05, 4.69) is 4.57 Å². The van der Waals surface area contributed by atoms with Gasteiger partial charge in [-0.2, -0.15) is 0 Å². The van der Waals surface area contributed by atoms with Gasteiger partial charge in [-0.15, -0.1) is 0 Å². The average Bonchev–Trinajstić information content (AvgIpc) is 2.73. The molecule has 0 saturated heterocycles. The Morgan fingerprint density at radius 2 is 2.00 bits per heavy atom. The van der Waals surface area contributed by atoms with Gasteiger partial charge < -0.3 is 15.0 Å². The first-order valence-corrected chi connectivity index (χ1v) is 6.90. The molecule has 2 aromatic rings. The van der Waals surface area contributed by atoms with E-state index in [0.717, 1.165) is 29.2 Å². The number of para-hydroxylation sites is 1. The highest BCUT2D eigenvalue weighted by Gasteiger charge is 2.07. The highest BCUT2D eigenvalue weighted by atomic mass is 16.5. The van der Waals surface area contributed by atoms with Gasteiger partial charge in [0.15, 0.2) is 0 Å². The van der Waals surface area contributed by atoms with E-state index in [1.807, 2.05) is 50.2 Å². The number of carbonyl (C=O) groups is 1. The standard InChI is InChI=1S/C17H20N2O2/c1-13-12-15(8-9-17(18)20)14(2)19(13)10-11-21-16-6-4-3-5-7-16/h3-9,12H,10-11H2,1-2H3,(H2,18,20)/b9-8-. The Bertz CT molecular complexity index is 642. The predicted octanol–water partition coefficient (Wildman–Crippen LogP) is 2.68. The lowest BCUT2D eigenvalue weighted by molar-refractivity contribution is -0.113. The van der Waals surface area contributed by atoms with Crippen LogP contribution in [0.2, 0.25) is 0 Å². The number of benzene rings is 1. The normalized spacial score (nSPS) is 11.0. The molecule has 0 unspecified atom stereocenters. The van der Waals surface area contributed by atoms with Gasteiger partial charge >= 0.3 is 0 Å². The van der Waals surface area contributed by atoms with Gasteiger partial charge in [0, 0.05) is 17.5 Å². The Labute approximate surface area is 124 Å². The first kappa shape index (κ1) is 14.9. The Balaban J connectivity index is 2.02. The van der Waals surface area contributed by atoms with Gasteiger partial charge in [-0.3, -0.25) is 4.79 Å². The molecule has 0 spiro atoms. The van der Waals surface area contributed by atoms with Crippen molar-refractivity contribution in [2.45, 2.75) is 20.4 Å². The van der Waals surface area contributed by atoms with E-state index in [-0.39, 0.29) is 0 Å². The molecule has 0 aliphatic rings. The molecule has 0 bridgehead atoms. The van der Waals surface area contributed by atoms with E-state index in [1.54, 1.807) is 6.08 Å². The molecule has 1 aromatic carbocycles. The lowest BCUT2D eigenvalue weighted by atomic mass is 10.2. The zero-order chi connectivity index (χ0) is 15.2. The minimum Gasteiger partial charge on any atom is -0.492 e. The zero-order valence-corrected chi connectivity index (χ0v) is 12.4. The van der Waals surface area contributed by atoms with Gasteiger partial charge in [0.25, 0.3) is 0 Å². The molecule has 1 heterocycles. The highest BCUT2D eigenvalue weighted by Crippen LogP contribution is 2.17. The number of hydrogen-bond donors (Lipinski definition) is 1. The molecule has 1 aromatic heterocycles. The van der Waals surface area contributed by atoms with Gasteiger partial charge in [0.2, 0.25) is 5.91 Å². The maximum atomic E-state index is 10.8. The highest BCUT2D eigenvalue weighted by molar-refractivity contribution is 5.90. The summed E-state index contributed by atoms with van der Waals surface area (Å²) in [6.45, 7) is 5.42. The zero-order valence-electron chi connectivity index (χ0n) is 12.4. The van der Waals surface area contributed by atoms with Gasteiger partial charge in [-0.05, 0) is 43.7 Å². The SMILES string of the molecule is Cc1cc(/C=C\C(N)=O)c(C)n1CCOc1ccccc1. The number of nitrogens with two attached hydrogens (primary N) is 1. The molecular formula is C17H20N2O2. The number of aromatic nitrogens is 1. The van der Waals surface area contributed by atoms with Crippen molar-refractivity contribution in [2.75, 3.05) is 6.61 Å². The number of nitrogens with zero attached hydrogens (tertiary/aromatic N) is 1. The smallest absolute Gasteiger partial charge is 0.241 e. The van der Waals surface area contributed by atoms with Crippen LogP contribution in [0.3, 0.4) is 0 Å². The largest absolute Gasteiger partial charge is 0.492 e. The van der Waals surface area contributed by atoms with Crippen molar-refractivity contribution in [1.29, 1.82) is 0 Å². The summed E-state index contributed by atoms with van der Waals surface area (Å²) in [5.74, 6) is 0.432. The number of carbonyl (C=O) groups excluding carboxylic acids is 1. The molecule has 2 N–H and O–H groups in total. The van der Waals surface area contributed by atoms with Crippen LogP contribution >= 0.6 is 0 Å². The maximum Gasteiger partial charge on any atom is 0.241 e. The topological polar surface area (TPSA) is 57.2 Å². The molecule has 0 radical (unpaired) electrons. The van der Waals surface area contributed by atoms with E-state index in [0.29, 0.717) is 6.61 Å². The number of amides is 1. The fourth-order valence-corrected chi connectivity index (χ4v) is 2.28. The van der Waals surface area contributed by atoms with Crippen molar-refractivity contribution >= 4 is 12.0 Å². The Kier molecular flexibility index (Phi) is 4.82. The summed E-state index contributed by atoms with van der Waals surface area (Å²) in [6.07, 6.45) is 3.13. The van der Waals surface area contributed by atoms with Crippen LogP contribution < -0.4 is 10.5 Å². The molecule has 0 fully saturated rings. The van der Waals surface area contributed by atoms with Crippen LogP contribution in [0.25, 0.3) is 6.08 Å². The second kappa shape index (κ2) is 6.79. The average molecular weight is 284 g/mol. The minimum atomic E-state index is -0.438. The molecular weight excluding hydrogens is 264 g/mol. The molecule has 0 saturated carbocycles. The third-order valence-electron chi connectivity index (χ3n) is 3.37. The van der Waals surface area contributed by atoms with Crippen molar-refractivity contribution in [3.05, 3.63) is 59.4 Å². The molecule has 1 amide bonds. The molecule has 0 aliphatic heterocycles. The summed E-state index contributed by atoms with van der Waals surface area (Å²) >= 11 is 0. The molecule has 0 aliphatic carbocycles. The third-order valence-corrected chi connectivity index (χ3v) is 3.37. The molecule has 21 heavy (non-hydrogen) atoms. The van der Waals surface area contributed by atoms with E-state index in [4.69, 9.17) is 10.5 Å². The summed E-state index contributed by atoms with van der Waals surface area (Å²) in [5, 5.41) is 0. The fourth-order valence-electron chi connectivity index (χ4n) is 2.28. The monoisotopic (exact) mass is 284 g/mol. The van der Waals surface area contributed by atoms with Gasteiger partial charge in [0.1, 0.15) is 12.4 Å². The van der Waals surface area contributed by atoms with Gasteiger partial charge in [-0.25, -0.2) is 0 Å². The maximum absolute atomic E-state index is 10.8. The van der Waals surface area contributed by atoms with Gasteiger partial charge in [-0.1, -0.05) is 18.2 Å². The summed E-state index contributed by atoms with van der Waals surface area (Å²) in [4.78, 5) is 10.8. The van der Waals surface area contributed by atoms with Crippen LogP contribution in [0.1, 0.15) is 17.0 Å². The first-order chi connectivity index (χ1) is 10.1. The number of rotatable bonds is 6. The van der Waals surface area contributed by atoms with E-state index < -0.39 is 5.91 Å². The molecule has 0 atom stereocenters. The van der Waals surface area contributed by atoms with Crippen molar-refractivity contribution < 1.29 is 9.53 Å². The van der Waals surface area contributed by atoms with Crippen LogP contribution in [0.4, 0.5) is 0 Å². The number of ether oxygens (including phenoxy) is 1. The molecule has 4 nitrogen and oxygen atoms in total. The molecule has 110 valence electrons. The summed E-state index contributed by atoms with van der Waals surface area (Å²) < 4.78 is 7.88. The summed E-state index contributed by atoms with van der Waals surface area (Å²) in [5.41, 5.74) is 8.36. The molecule has 4 heteroatoms. The van der Waals surface area contributed by atoms with Crippen LogP contribution in [-0.4, -0.2) is 17.1 Å². The van der Waals surface area contributed by atoms with Crippen molar-refractivity contribution in [2.24, 2.45) is 5.73 Å². The number of primary amides is 1. The van der Waals surface area contributed by atoms with E-state index in [9.17, 15) is 4.79 Å². The quantitative estimate of drug-likeness (QED) is 0.829. The Morgan fingerprint density at radius 3 is 2.67 bits per heavy atom. The second-order valence-corrected chi connectivity index (χ2v) is 4.88.